The summed E-state index contributed by atoms with van der Waals surface area (Å²) in [6.45, 7) is 2.61. The van der Waals surface area contributed by atoms with Gasteiger partial charge in [-0.05, 0) is 43.0 Å². The van der Waals surface area contributed by atoms with E-state index in [0.717, 1.165) is 16.7 Å². The van der Waals surface area contributed by atoms with E-state index < -0.39 is 14.9 Å². The molecule has 3 rings (SSSR count). The fourth-order valence-corrected chi connectivity index (χ4v) is 4.35. The standard InChI is InChI=1S/C17H18N2O4S/c1-13-2-6-17(7-3-13)24(22,23)18-10-8-14-4-5-16(19(20)21)12-15(14)9-11-18/h2-7,12H,8-11H2,1H3. The number of aryl methyl sites for hydroxylation is 1. The molecule has 7 heteroatoms. The molecule has 126 valence electrons. The van der Waals surface area contributed by atoms with E-state index in [4.69, 9.17) is 0 Å². The first-order chi connectivity index (χ1) is 11.4. The fourth-order valence-electron chi connectivity index (χ4n) is 2.90. The van der Waals surface area contributed by atoms with Crippen LogP contribution in [0.1, 0.15) is 16.7 Å². The molecule has 1 heterocycles. The Balaban J connectivity index is 1.86. The molecule has 0 atom stereocenters. The second kappa shape index (κ2) is 6.33. The van der Waals surface area contributed by atoms with Crippen molar-refractivity contribution in [1.82, 2.24) is 4.31 Å². The normalized spacial score (nSPS) is 15.5. The molecule has 0 saturated heterocycles. The minimum Gasteiger partial charge on any atom is -0.258 e. The summed E-state index contributed by atoms with van der Waals surface area (Å²) in [7, 11) is -3.55. The molecule has 0 amide bonds. The van der Waals surface area contributed by atoms with Crippen molar-refractivity contribution < 1.29 is 13.3 Å². The van der Waals surface area contributed by atoms with Gasteiger partial charge in [-0.2, -0.15) is 4.31 Å². The number of nitro groups is 1. The van der Waals surface area contributed by atoms with Crippen molar-refractivity contribution in [3.63, 3.8) is 0 Å². The van der Waals surface area contributed by atoms with Crippen molar-refractivity contribution in [3.8, 4) is 0 Å². The molecule has 1 aliphatic heterocycles. The van der Waals surface area contributed by atoms with Crippen LogP contribution >= 0.6 is 0 Å². The van der Waals surface area contributed by atoms with E-state index in [1.54, 1.807) is 36.4 Å². The topological polar surface area (TPSA) is 80.5 Å². The van der Waals surface area contributed by atoms with E-state index >= 15 is 0 Å². The molecule has 0 spiro atoms. The first-order valence-corrected chi connectivity index (χ1v) is 9.15. The highest BCUT2D eigenvalue weighted by Gasteiger charge is 2.27. The Morgan fingerprint density at radius 3 is 2.25 bits per heavy atom. The molecule has 0 aliphatic carbocycles. The second-order valence-electron chi connectivity index (χ2n) is 5.93. The second-order valence-corrected chi connectivity index (χ2v) is 7.87. The van der Waals surface area contributed by atoms with Crippen molar-refractivity contribution >= 4 is 15.7 Å². The van der Waals surface area contributed by atoms with E-state index in [-0.39, 0.29) is 10.6 Å². The van der Waals surface area contributed by atoms with Crippen LogP contribution in [0, 0.1) is 17.0 Å². The molecule has 0 saturated carbocycles. The van der Waals surface area contributed by atoms with Crippen molar-refractivity contribution in [2.45, 2.75) is 24.7 Å². The summed E-state index contributed by atoms with van der Waals surface area (Å²) in [5.74, 6) is 0. The van der Waals surface area contributed by atoms with Crippen LogP contribution in [0.4, 0.5) is 5.69 Å². The molecule has 0 unspecified atom stereocenters. The predicted octanol–water partition coefficient (Wildman–Crippen LogP) is 2.69. The smallest absolute Gasteiger partial charge is 0.258 e. The third-order valence-electron chi connectivity index (χ3n) is 4.32. The van der Waals surface area contributed by atoms with Gasteiger partial charge in [-0.15, -0.1) is 0 Å². The van der Waals surface area contributed by atoms with Crippen LogP contribution < -0.4 is 0 Å². The van der Waals surface area contributed by atoms with Crippen LogP contribution in [0.5, 0.6) is 0 Å². The molecule has 1 aliphatic rings. The third kappa shape index (κ3) is 3.18. The Hall–Kier alpha value is -2.25. The maximum absolute atomic E-state index is 12.8. The van der Waals surface area contributed by atoms with Crippen LogP contribution in [-0.4, -0.2) is 30.7 Å². The van der Waals surface area contributed by atoms with Crippen molar-refractivity contribution in [2.24, 2.45) is 0 Å². The van der Waals surface area contributed by atoms with Crippen molar-refractivity contribution in [3.05, 3.63) is 69.3 Å². The molecule has 0 radical (unpaired) electrons. The van der Waals surface area contributed by atoms with Gasteiger partial charge in [-0.1, -0.05) is 23.8 Å². The number of hydrogen-bond donors (Lipinski definition) is 0. The Morgan fingerprint density at radius 1 is 1.00 bits per heavy atom. The van der Waals surface area contributed by atoms with Gasteiger partial charge >= 0.3 is 0 Å². The number of fused-ring (bicyclic) bond motifs is 1. The predicted molar refractivity (Wildman–Crippen MR) is 90.4 cm³/mol. The van der Waals surface area contributed by atoms with E-state index in [2.05, 4.69) is 0 Å². The number of benzene rings is 2. The molecule has 0 fully saturated rings. The van der Waals surface area contributed by atoms with Gasteiger partial charge < -0.3 is 0 Å². The Labute approximate surface area is 140 Å². The number of sulfonamides is 1. The molecular weight excluding hydrogens is 328 g/mol. The zero-order valence-corrected chi connectivity index (χ0v) is 14.1. The van der Waals surface area contributed by atoms with Gasteiger partial charge in [-0.3, -0.25) is 10.1 Å². The molecule has 0 aromatic heterocycles. The van der Waals surface area contributed by atoms with Crippen LogP contribution in [0.25, 0.3) is 0 Å². The van der Waals surface area contributed by atoms with E-state index in [1.807, 2.05) is 6.92 Å². The lowest BCUT2D eigenvalue weighted by Crippen LogP contribution is -2.33. The largest absolute Gasteiger partial charge is 0.269 e. The van der Waals surface area contributed by atoms with Gasteiger partial charge in [0.2, 0.25) is 10.0 Å². The summed E-state index contributed by atoms with van der Waals surface area (Å²) in [6, 6.07) is 11.6. The van der Waals surface area contributed by atoms with Crippen LogP contribution in [0.3, 0.4) is 0 Å². The molecule has 24 heavy (non-hydrogen) atoms. The number of nitro benzene ring substituents is 1. The molecule has 2 aromatic rings. The van der Waals surface area contributed by atoms with Gasteiger partial charge in [0.25, 0.3) is 5.69 Å². The molecule has 2 aromatic carbocycles. The van der Waals surface area contributed by atoms with E-state index in [9.17, 15) is 18.5 Å². The van der Waals surface area contributed by atoms with Crippen LogP contribution in [0.15, 0.2) is 47.4 Å². The van der Waals surface area contributed by atoms with Crippen molar-refractivity contribution in [1.29, 1.82) is 0 Å². The lowest BCUT2D eigenvalue weighted by atomic mass is 10.0. The van der Waals surface area contributed by atoms with Gasteiger partial charge in [0.05, 0.1) is 9.82 Å². The summed E-state index contributed by atoms with van der Waals surface area (Å²) in [6.07, 6.45) is 1.03. The highest BCUT2D eigenvalue weighted by atomic mass is 32.2. The van der Waals surface area contributed by atoms with Gasteiger partial charge in [0.15, 0.2) is 0 Å². The zero-order chi connectivity index (χ0) is 17.3. The number of nitrogens with zero attached hydrogens (tertiary/aromatic N) is 2. The lowest BCUT2D eigenvalue weighted by Gasteiger charge is -2.20. The maximum atomic E-state index is 12.8. The average Bonchev–Trinajstić information content (AvgIpc) is 2.77. The van der Waals surface area contributed by atoms with Gasteiger partial charge in [0, 0.05) is 25.2 Å². The van der Waals surface area contributed by atoms with Crippen LogP contribution in [-0.2, 0) is 22.9 Å². The average molecular weight is 346 g/mol. The maximum Gasteiger partial charge on any atom is 0.269 e. The van der Waals surface area contributed by atoms with Crippen LogP contribution in [0.2, 0.25) is 0 Å². The zero-order valence-electron chi connectivity index (χ0n) is 13.3. The number of hydrogen-bond acceptors (Lipinski definition) is 4. The van der Waals surface area contributed by atoms with E-state index in [1.165, 1.54) is 10.4 Å². The van der Waals surface area contributed by atoms with E-state index in [0.29, 0.717) is 25.9 Å². The summed E-state index contributed by atoms with van der Waals surface area (Å²) in [4.78, 5) is 10.8. The summed E-state index contributed by atoms with van der Waals surface area (Å²) in [5.41, 5.74) is 2.88. The SMILES string of the molecule is Cc1ccc(S(=O)(=O)N2CCc3ccc([N+](=O)[O-])cc3CC2)cc1. The minimum absolute atomic E-state index is 0.0450. The molecule has 0 N–H and O–H groups in total. The van der Waals surface area contributed by atoms with Gasteiger partial charge in [0.1, 0.15) is 0 Å². The highest BCUT2D eigenvalue weighted by molar-refractivity contribution is 7.89. The fraction of sp³-hybridized carbons (Fsp3) is 0.294. The summed E-state index contributed by atoms with van der Waals surface area (Å²) in [5, 5.41) is 10.9. The quantitative estimate of drug-likeness (QED) is 0.632. The number of rotatable bonds is 3. The first kappa shape index (κ1) is 16.6. The van der Waals surface area contributed by atoms with Crippen molar-refractivity contribution in [2.75, 3.05) is 13.1 Å². The summed E-state index contributed by atoms with van der Waals surface area (Å²) < 4.78 is 27.1. The Kier molecular flexibility index (Phi) is 4.38. The molecule has 6 nitrogen and oxygen atoms in total. The third-order valence-corrected chi connectivity index (χ3v) is 6.23. The molecule has 0 bridgehead atoms. The molecular formula is C17H18N2O4S. The lowest BCUT2D eigenvalue weighted by molar-refractivity contribution is -0.384. The number of non-ortho nitro benzene ring substituents is 1. The highest BCUT2D eigenvalue weighted by Crippen LogP contribution is 2.25. The first-order valence-electron chi connectivity index (χ1n) is 7.71. The van der Waals surface area contributed by atoms with Gasteiger partial charge in [-0.25, -0.2) is 8.42 Å². The minimum atomic E-state index is -3.55. The summed E-state index contributed by atoms with van der Waals surface area (Å²) >= 11 is 0. The monoisotopic (exact) mass is 346 g/mol. The Bertz CT molecular complexity index is 876. The Morgan fingerprint density at radius 2 is 1.62 bits per heavy atom.